The number of hydrogen-bond donors (Lipinski definition) is 1. The molecule has 2 atom stereocenters. The van der Waals surface area contributed by atoms with Crippen LogP contribution in [0.5, 0.6) is 5.75 Å². The van der Waals surface area contributed by atoms with E-state index in [9.17, 15) is 9.59 Å². The van der Waals surface area contributed by atoms with Crippen molar-refractivity contribution in [2.45, 2.75) is 70.0 Å². The summed E-state index contributed by atoms with van der Waals surface area (Å²) in [5.74, 6) is 0.129. The summed E-state index contributed by atoms with van der Waals surface area (Å²) >= 11 is 0. The van der Waals surface area contributed by atoms with E-state index in [-0.39, 0.29) is 23.8 Å². The fourth-order valence-electron chi connectivity index (χ4n) is 6.32. The van der Waals surface area contributed by atoms with Crippen LogP contribution in [0.15, 0.2) is 107 Å². The second-order valence-electron chi connectivity index (χ2n) is 11.1. The Morgan fingerprint density at radius 2 is 1.52 bits per heavy atom. The maximum absolute atomic E-state index is 13.8. The van der Waals surface area contributed by atoms with Gasteiger partial charge in [0.1, 0.15) is 18.5 Å². The zero-order valence-electron chi connectivity index (χ0n) is 22.9. The van der Waals surface area contributed by atoms with Gasteiger partial charge in [0, 0.05) is 29.3 Å². The summed E-state index contributed by atoms with van der Waals surface area (Å²) in [5, 5.41) is 3.47. The van der Waals surface area contributed by atoms with Crippen LogP contribution in [0.3, 0.4) is 0 Å². The van der Waals surface area contributed by atoms with E-state index in [0.717, 1.165) is 65.9 Å². The maximum Gasteiger partial charge on any atom is 0.337 e. The highest BCUT2D eigenvalue weighted by atomic mass is 16.5. The summed E-state index contributed by atoms with van der Waals surface area (Å²) in [6.07, 6.45) is 5.05. The van der Waals surface area contributed by atoms with Gasteiger partial charge >= 0.3 is 5.97 Å². The van der Waals surface area contributed by atoms with Gasteiger partial charge in [-0.1, -0.05) is 72.8 Å². The molecule has 1 N–H and O–H groups in total. The lowest BCUT2D eigenvalue weighted by molar-refractivity contribution is -0.144. The summed E-state index contributed by atoms with van der Waals surface area (Å²) in [4.78, 5) is 27.5. The molecule has 204 valence electrons. The highest BCUT2D eigenvalue weighted by molar-refractivity contribution is 6.04. The number of nitrogens with one attached hydrogen (secondary N) is 1. The number of carbonyl (C=O) groups is 2. The number of dihydropyridines is 1. The maximum atomic E-state index is 13.8. The van der Waals surface area contributed by atoms with Crippen molar-refractivity contribution in [1.82, 2.24) is 5.32 Å². The number of ether oxygens (including phenoxy) is 2. The lowest BCUT2D eigenvalue weighted by atomic mass is 9.71. The Morgan fingerprint density at radius 3 is 2.23 bits per heavy atom. The van der Waals surface area contributed by atoms with Crippen molar-refractivity contribution in [2.24, 2.45) is 0 Å². The van der Waals surface area contributed by atoms with Gasteiger partial charge in [0.15, 0.2) is 5.78 Å². The highest BCUT2D eigenvalue weighted by Crippen LogP contribution is 2.46. The molecule has 0 amide bonds. The quantitative estimate of drug-likeness (QED) is 0.328. The second kappa shape index (κ2) is 11.5. The van der Waals surface area contributed by atoms with Crippen molar-refractivity contribution < 1.29 is 19.1 Å². The molecule has 3 aromatic rings. The van der Waals surface area contributed by atoms with Crippen LogP contribution in [0, 0.1) is 0 Å². The normalized spacial score (nSPS) is 21.2. The molecule has 40 heavy (non-hydrogen) atoms. The summed E-state index contributed by atoms with van der Waals surface area (Å²) < 4.78 is 12.0. The number of allylic oxidation sites excluding steroid dienone is 3. The number of rotatable bonds is 7. The molecule has 5 heteroatoms. The lowest BCUT2D eigenvalue weighted by Gasteiger charge is -2.37. The van der Waals surface area contributed by atoms with E-state index in [4.69, 9.17) is 9.47 Å². The zero-order chi connectivity index (χ0) is 27.5. The standard InChI is InChI=1S/C35H35NO4/c1-23-32(35(38)40-29-14-8-9-15-29)33(26-16-18-28(19-17-26)39-22-24-10-4-2-5-11-24)34-30(36-23)20-27(21-31(34)37)25-12-6-3-7-13-25/h2-7,10-13,16-19,27,29,33,36H,8-9,14-15,20-22H2,1H3/t27-,33+/m1/s1. The minimum atomic E-state index is -0.474. The van der Waals surface area contributed by atoms with E-state index in [1.165, 1.54) is 0 Å². The second-order valence-corrected chi connectivity index (χ2v) is 11.1. The van der Waals surface area contributed by atoms with Gasteiger partial charge in [0.05, 0.1) is 5.57 Å². The first-order valence-electron chi connectivity index (χ1n) is 14.3. The molecule has 6 rings (SSSR count). The number of carbonyl (C=O) groups excluding carboxylic acids is 2. The van der Waals surface area contributed by atoms with E-state index in [2.05, 4.69) is 17.4 Å². The van der Waals surface area contributed by atoms with Crippen LogP contribution in [0.2, 0.25) is 0 Å². The number of Topliss-reactive ketones (excluding diaryl/α,β-unsaturated/α-hetero) is 1. The molecule has 0 saturated heterocycles. The molecule has 2 aliphatic carbocycles. The Morgan fingerprint density at radius 1 is 0.850 bits per heavy atom. The predicted octanol–water partition coefficient (Wildman–Crippen LogP) is 7.11. The van der Waals surface area contributed by atoms with Gasteiger partial charge in [0.2, 0.25) is 0 Å². The first-order valence-corrected chi connectivity index (χ1v) is 14.3. The van der Waals surface area contributed by atoms with Crippen molar-refractivity contribution in [3.63, 3.8) is 0 Å². The monoisotopic (exact) mass is 533 g/mol. The number of esters is 1. The van der Waals surface area contributed by atoms with Gasteiger partial charge in [-0.05, 0) is 73.8 Å². The fraction of sp³-hybridized carbons (Fsp3) is 0.314. The smallest absolute Gasteiger partial charge is 0.337 e. The van der Waals surface area contributed by atoms with Crippen molar-refractivity contribution in [2.75, 3.05) is 0 Å². The predicted molar refractivity (Wildman–Crippen MR) is 155 cm³/mol. The Hall–Kier alpha value is -4.12. The molecule has 1 aliphatic heterocycles. The zero-order valence-corrected chi connectivity index (χ0v) is 22.9. The third-order valence-electron chi connectivity index (χ3n) is 8.36. The van der Waals surface area contributed by atoms with Gasteiger partial charge in [-0.3, -0.25) is 4.79 Å². The topological polar surface area (TPSA) is 64.6 Å². The first-order chi connectivity index (χ1) is 19.6. The summed E-state index contributed by atoms with van der Waals surface area (Å²) in [6, 6.07) is 28.1. The Balaban J connectivity index is 1.32. The lowest BCUT2D eigenvalue weighted by Crippen LogP contribution is -2.36. The highest BCUT2D eigenvalue weighted by Gasteiger charge is 2.42. The largest absolute Gasteiger partial charge is 0.489 e. The van der Waals surface area contributed by atoms with E-state index >= 15 is 0 Å². The summed E-state index contributed by atoms with van der Waals surface area (Å²) in [7, 11) is 0. The van der Waals surface area contributed by atoms with Gasteiger partial charge < -0.3 is 14.8 Å². The van der Waals surface area contributed by atoms with Crippen LogP contribution in [-0.4, -0.2) is 17.9 Å². The van der Waals surface area contributed by atoms with Crippen LogP contribution >= 0.6 is 0 Å². The molecule has 0 bridgehead atoms. The molecule has 0 spiro atoms. The Kier molecular flexibility index (Phi) is 7.54. The Labute approximate surface area is 235 Å². The number of hydrogen-bond acceptors (Lipinski definition) is 5. The molecular formula is C35H35NO4. The van der Waals surface area contributed by atoms with Crippen LogP contribution in [0.1, 0.15) is 74.0 Å². The van der Waals surface area contributed by atoms with Gasteiger partial charge in [-0.15, -0.1) is 0 Å². The van der Waals surface area contributed by atoms with E-state index in [1.807, 2.05) is 79.7 Å². The van der Waals surface area contributed by atoms with Crippen LogP contribution in [0.4, 0.5) is 0 Å². The molecule has 0 unspecified atom stereocenters. The minimum absolute atomic E-state index is 0.0536. The summed E-state index contributed by atoms with van der Waals surface area (Å²) in [5.41, 5.74) is 6.05. The average Bonchev–Trinajstić information content (AvgIpc) is 3.49. The minimum Gasteiger partial charge on any atom is -0.489 e. The third kappa shape index (κ3) is 5.46. The molecular weight excluding hydrogens is 498 g/mol. The van der Waals surface area contributed by atoms with Gasteiger partial charge in [-0.2, -0.15) is 0 Å². The van der Waals surface area contributed by atoms with Crippen molar-refractivity contribution >= 4 is 11.8 Å². The molecule has 3 aromatic carbocycles. The molecule has 1 saturated carbocycles. The number of ketones is 1. The summed E-state index contributed by atoms with van der Waals surface area (Å²) in [6.45, 7) is 2.40. The van der Waals surface area contributed by atoms with Crippen LogP contribution < -0.4 is 10.1 Å². The van der Waals surface area contributed by atoms with Gasteiger partial charge in [-0.25, -0.2) is 4.79 Å². The fourth-order valence-corrected chi connectivity index (χ4v) is 6.32. The first kappa shape index (κ1) is 26.1. The Bertz CT molecular complexity index is 1430. The molecule has 5 nitrogen and oxygen atoms in total. The van der Waals surface area contributed by atoms with E-state index in [1.54, 1.807) is 0 Å². The average molecular weight is 534 g/mol. The van der Waals surface area contributed by atoms with E-state index in [0.29, 0.717) is 24.2 Å². The molecule has 1 fully saturated rings. The van der Waals surface area contributed by atoms with Crippen molar-refractivity contribution in [3.05, 3.63) is 124 Å². The van der Waals surface area contributed by atoms with Crippen LogP contribution in [-0.2, 0) is 20.9 Å². The third-order valence-corrected chi connectivity index (χ3v) is 8.36. The van der Waals surface area contributed by atoms with Crippen molar-refractivity contribution in [3.8, 4) is 5.75 Å². The molecule has 0 aromatic heterocycles. The molecule has 1 heterocycles. The SMILES string of the molecule is CC1=C(C(=O)OC2CCCC2)[C@H](c2ccc(OCc3ccccc3)cc2)C2=C(C[C@@H](c3ccccc3)CC2=O)N1. The van der Waals surface area contributed by atoms with Gasteiger partial charge in [0.25, 0.3) is 0 Å². The van der Waals surface area contributed by atoms with E-state index < -0.39 is 5.92 Å². The number of benzene rings is 3. The van der Waals surface area contributed by atoms with Crippen LogP contribution in [0.25, 0.3) is 0 Å². The molecule has 3 aliphatic rings. The molecule has 0 radical (unpaired) electrons. The van der Waals surface area contributed by atoms with Crippen molar-refractivity contribution in [1.29, 1.82) is 0 Å².